The molecule has 1 atom stereocenters. The zero-order valence-electron chi connectivity index (χ0n) is 41.4. The molecular formula is C73H46N2O. The van der Waals surface area contributed by atoms with Crippen LogP contribution in [0.5, 0.6) is 0 Å². The fraction of sp³-hybridized carbons (Fsp3) is 0.0137. The first kappa shape index (κ1) is 42.5. The minimum Gasteiger partial charge on any atom is -0.456 e. The second-order valence-electron chi connectivity index (χ2n) is 20.3. The highest BCUT2D eigenvalue weighted by molar-refractivity contribution is 6.13. The minimum atomic E-state index is -0.587. The van der Waals surface area contributed by atoms with Crippen molar-refractivity contribution in [2.24, 2.45) is 0 Å². The van der Waals surface area contributed by atoms with Gasteiger partial charge < -0.3 is 13.9 Å². The SMILES string of the molecule is c1ccc(-c2ccc(N(c3ccc(-c4cccc5oc6ccccc6c45)cc3)c3ccc4c5ccccc5n(-c5cccc6c5C5(c7ccccc7-6)c6ccccc6-c6c(-c7ccccc7)cccc65)c4c3)cc2)cc1. The summed E-state index contributed by atoms with van der Waals surface area (Å²) in [5.41, 5.74) is 25.4. The van der Waals surface area contributed by atoms with Crippen LogP contribution < -0.4 is 4.90 Å². The maximum atomic E-state index is 6.34. The molecule has 2 aliphatic carbocycles. The first-order valence-corrected chi connectivity index (χ1v) is 26.2. The first-order chi connectivity index (χ1) is 37.7. The van der Waals surface area contributed by atoms with Crippen molar-refractivity contribution in [2.45, 2.75) is 5.41 Å². The van der Waals surface area contributed by atoms with E-state index in [4.69, 9.17) is 4.42 Å². The summed E-state index contributed by atoms with van der Waals surface area (Å²) in [7, 11) is 0. The summed E-state index contributed by atoms with van der Waals surface area (Å²) >= 11 is 0. The molecule has 0 saturated heterocycles. The number of fused-ring (bicyclic) bond motifs is 16. The fourth-order valence-electron chi connectivity index (χ4n) is 13.3. The molecule has 3 nitrogen and oxygen atoms in total. The average Bonchev–Trinajstić information content (AvgIpc) is 4.26. The van der Waals surface area contributed by atoms with Crippen LogP contribution in [-0.2, 0) is 5.41 Å². The topological polar surface area (TPSA) is 21.3 Å². The molecule has 0 aliphatic heterocycles. The number of para-hydroxylation sites is 2. The standard InChI is InChI=1S/C73H46N2O/c1-3-18-47(19-4-1)48-36-40-51(41-37-48)74(52-42-38-50(39-43-52)55-27-17-35-69-71(55)61-25-10-14-34-68(61)76-69)53-44-45-58-57-23-9-13-32-65(57)75(67(58)46-53)66-33-16-28-59-56-22-7-11-29-62(56)73(72(59)66)63-30-12-8-24-60(63)70-54(26-15-31-64(70)73)49-20-5-2-6-21-49/h1-46H. The van der Waals surface area contributed by atoms with Crippen LogP contribution in [0.3, 0.4) is 0 Å². The Kier molecular flexibility index (Phi) is 9.25. The average molecular weight is 967 g/mol. The van der Waals surface area contributed by atoms with E-state index in [1.165, 1.54) is 88.7 Å². The molecule has 14 aromatic rings. The second-order valence-corrected chi connectivity index (χ2v) is 20.3. The zero-order valence-corrected chi connectivity index (χ0v) is 41.4. The van der Waals surface area contributed by atoms with Crippen molar-refractivity contribution in [3.05, 3.63) is 301 Å². The molecule has 3 heteroatoms. The van der Waals surface area contributed by atoms with Gasteiger partial charge in [-0.2, -0.15) is 0 Å². The summed E-state index contributed by atoms with van der Waals surface area (Å²) in [6.07, 6.45) is 0. The predicted octanol–water partition coefficient (Wildman–Crippen LogP) is 19.5. The van der Waals surface area contributed by atoms with Crippen molar-refractivity contribution < 1.29 is 4.42 Å². The summed E-state index contributed by atoms with van der Waals surface area (Å²) in [5, 5.41) is 4.68. The number of anilines is 3. The fourth-order valence-corrected chi connectivity index (χ4v) is 13.3. The van der Waals surface area contributed by atoms with Gasteiger partial charge in [-0.3, -0.25) is 0 Å². The predicted molar refractivity (Wildman–Crippen MR) is 315 cm³/mol. The van der Waals surface area contributed by atoms with E-state index in [2.05, 4.69) is 282 Å². The molecule has 12 aromatic carbocycles. The van der Waals surface area contributed by atoms with Crippen molar-refractivity contribution in [1.82, 2.24) is 4.57 Å². The summed E-state index contributed by atoms with van der Waals surface area (Å²) in [4.78, 5) is 2.41. The monoisotopic (exact) mass is 966 g/mol. The summed E-state index contributed by atoms with van der Waals surface area (Å²) in [5.74, 6) is 0. The molecular weight excluding hydrogens is 921 g/mol. The van der Waals surface area contributed by atoms with Gasteiger partial charge in [0.25, 0.3) is 0 Å². The molecule has 2 heterocycles. The Bertz CT molecular complexity index is 4620. The van der Waals surface area contributed by atoms with Gasteiger partial charge in [-0.15, -0.1) is 0 Å². The summed E-state index contributed by atoms with van der Waals surface area (Å²) < 4.78 is 8.91. The molecule has 0 bridgehead atoms. The third kappa shape index (κ3) is 6.05. The van der Waals surface area contributed by atoms with Crippen LogP contribution in [0.25, 0.3) is 105 Å². The molecule has 0 radical (unpaired) electrons. The number of nitrogens with zero attached hydrogens (tertiary/aromatic N) is 2. The van der Waals surface area contributed by atoms with Crippen LogP contribution >= 0.6 is 0 Å². The Morgan fingerprint density at radius 3 is 1.62 bits per heavy atom. The molecule has 1 spiro atoms. The van der Waals surface area contributed by atoms with Crippen LogP contribution in [0, 0.1) is 0 Å². The number of hydrogen-bond acceptors (Lipinski definition) is 2. The van der Waals surface area contributed by atoms with Gasteiger partial charge in [-0.1, -0.05) is 218 Å². The van der Waals surface area contributed by atoms with Crippen LogP contribution in [-0.4, -0.2) is 4.57 Å². The summed E-state index contributed by atoms with van der Waals surface area (Å²) in [6, 6.07) is 103. The van der Waals surface area contributed by atoms with Crippen molar-refractivity contribution in [3.63, 3.8) is 0 Å². The van der Waals surface area contributed by atoms with Gasteiger partial charge in [-0.05, 0) is 133 Å². The second kappa shape index (κ2) is 16.5. The van der Waals surface area contributed by atoms with Gasteiger partial charge >= 0.3 is 0 Å². The normalized spacial score (nSPS) is 14.1. The van der Waals surface area contributed by atoms with Gasteiger partial charge in [0.1, 0.15) is 11.2 Å². The lowest BCUT2D eigenvalue weighted by Gasteiger charge is -2.32. The van der Waals surface area contributed by atoms with E-state index in [-0.39, 0.29) is 0 Å². The quantitative estimate of drug-likeness (QED) is 0.159. The number of rotatable bonds is 7. The zero-order chi connectivity index (χ0) is 49.9. The van der Waals surface area contributed by atoms with Crippen molar-refractivity contribution in [1.29, 1.82) is 0 Å². The molecule has 0 fully saturated rings. The third-order valence-electron chi connectivity index (χ3n) is 16.4. The van der Waals surface area contributed by atoms with E-state index < -0.39 is 5.41 Å². The first-order valence-electron chi connectivity index (χ1n) is 26.2. The van der Waals surface area contributed by atoms with Gasteiger partial charge in [-0.25, -0.2) is 0 Å². The van der Waals surface area contributed by atoms with Crippen LogP contribution in [0.15, 0.2) is 283 Å². The van der Waals surface area contributed by atoms with E-state index in [1.807, 2.05) is 6.07 Å². The lowest BCUT2D eigenvalue weighted by Crippen LogP contribution is -2.27. The van der Waals surface area contributed by atoms with Gasteiger partial charge in [0.05, 0.1) is 22.1 Å². The van der Waals surface area contributed by atoms with E-state index in [0.29, 0.717) is 0 Å². The Balaban J connectivity index is 0.927. The highest BCUT2D eigenvalue weighted by Gasteiger charge is 2.53. The van der Waals surface area contributed by atoms with Crippen molar-refractivity contribution >= 4 is 60.8 Å². The van der Waals surface area contributed by atoms with E-state index >= 15 is 0 Å². The Morgan fingerprint density at radius 2 is 0.829 bits per heavy atom. The largest absolute Gasteiger partial charge is 0.456 e. The number of aromatic nitrogens is 1. The highest BCUT2D eigenvalue weighted by atomic mass is 16.3. The molecule has 0 saturated carbocycles. The lowest BCUT2D eigenvalue weighted by atomic mass is 9.70. The van der Waals surface area contributed by atoms with Gasteiger partial charge in [0, 0.05) is 44.2 Å². The lowest BCUT2D eigenvalue weighted by molar-refractivity contribution is 0.669. The van der Waals surface area contributed by atoms with Crippen LogP contribution in [0.4, 0.5) is 17.1 Å². The molecule has 76 heavy (non-hydrogen) atoms. The van der Waals surface area contributed by atoms with Gasteiger partial charge in [0.2, 0.25) is 0 Å². The molecule has 0 N–H and O–H groups in total. The van der Waals surface area contributed by atoms with Gasteiger partial charge in [0.15, 0.2) is 0 Å². The van der Waals surface area contributed by atoms with E-state index in [0.717, 1.165) is 55.6 Å². The molecule has 354 valence electrons. The summed E-state index contributed by atoms with van der Waals surface area (Å²) in [6.45, 7) is 0. The Hall–Kier alpha value is -9.96. The molecule has 2 aromatic heterocycles. The number of hydrogen-bond donors (Lipinski definition) is 0. The Morgan fingerprint density at radius 1 is 0.316 bits per heavy atom. The molecule has 1 unspecified atom stereocenters. The smallest absolute Gasteiger partial charge is 0.136 e. The number of furan rings is 1. The molecule has 0 amide bonds. The minimum absolute atomic E-state index is 0.587. The third-order valence-corrected chi connectivity index (χ3v) is 16.4. The maximum absolute atomic E-state index is 6.34. The molecule has 16 rings (SSSR count). The highest BCUT2D eigenvalue weighted by Crippen LogP contribution is 2.65. The maximum Gasteiger partial charge on any atom is 0.136 e. The van der Waals surface area contributed by atoms with Crippen molar-refractivity contribution in [3.8, 4) is 61.3 Å². The van der Waals surface area contributed by atoms with E-state index in [9.17, 15) is 0 Å². The molecule has 2 aliphatic rings. The van der Waals surface area contributed by atoms with E-state index in [1.54, 1.807) is 0 Å². The van der Waals surface area contributed by atoms with Crippen LogP contribution in [0.1, 0.15) is 22.3 Å². The Labute approximate surface area is 440 Å². The number of benzene rings is 12. The van der Waals surface area contributed by atoms with Crippen LogP contribution in [0.2, 0.25) is 0 Å². The van der Waals surface area contributed by atoms with Crippen molar-refractivity contribution in [2.75, 3.05) is 4.90 Å².